The number of hydrogen-bond donors (Lipinski definition) is 0. The molecule has 0 aliphatic rings. The maximum Gasteiger partial charge on any atom is 0.235 e. The summed E-state index contributed by atoms with van der Waals surface area (Å²) >= 11 is 5.91. The van der Waals surface area contributed by atoms with Gasteiger partial charge in [0.05, 0.1) is 24.2 Å². The number of rotatable bonds is 4. The fraction of sp³-hybridized carbons (Fsp3) is 0.200. The molecule has 86 valence electrons. The molecule has 1 rings (SSSR count). The predicted octanol–water partition coefficient (Wildman–Crippen LogP) is 2.60. The Morgan fingerprint density at radius 1 is 1.31 bits per heavy atom. The maximum atomic E-state index is 10.2. The zero-order valence-corrected chi connectivity index (χ0v) is 9.52. The van der Waals surface area contributed by atoms with Gasteiger partial charge in [0.15, 0.2) is 11.5 Å². The first-order valence-electron chi connectivity index (χ1n) is 4.31. The van der Waals surface area contributed by atoms with E-state index in [0.717, 1.165) is 6.20 Å². The lowest BCUT2D eigenvalue weighted by molar-refractivity contribution is -0.400. The summed E-state index contributed by atoms with van der Waals surface area (Å²) in [4.78, 5) is 9.62. The van der Waals surface area contributed by atoms with E-state index in [2.05, 4.69) is 0 Å². The monoisotopic (exact) mass is 243 g/mol. The van der Waals surface area contributed by atoms with Gasteiger partial charge in [0, 0.05) is 17.7 Å². The van der Waals surface area contributed by atoms with Crippen molar-refractivity contribution in [2.75, 3.05) is 14.2 Å². The van der Waals surface area contributed by atoms with Gasteiger partial charge in [-0.3, -0.25) is 10.1 Å². The smallest absolute Gasteiger partial charge is 0.235 e. The molecular weight excluding hydrogens is 234 g/mol. The summed E-state index contributed by atoms with van der Waals surface area (Å²) in [7, 11) is 2.97. The van der Waals surface area contributed by atoms with E-state index in [9.17, 15) is 10.1 Å². The van der Waals surface area contributed by atoms with Crippen LogP contribution < -0.4 is 9.47 Å². The van der Waals surface area contributed by atoms with E-state index < -0.39 is 4.92 Å². The van der Waals surface area contributed by atoms with Gasteiger partial charge < -0.3 is 9.47 Å². The third-order valence-electron chi connectivity index (χ3n) is 1.88. The van der Waals surface area contributed by atoms with Gasteiger partial charge in [-0.1, -0.05) is 11.6 Å². The van der Waals surface area contributed by atoms with E-state index in [4.69, 9.17) is 21.1 Å². The number of benzene rings is 1. The first kappa shape index (κ1) is 12.3. The van der Waals surface area contributed by atoms with Crippen molar-refractivity contribution in [3.63, 3.8) is 0 Å². The van der Waals surface area contributed by atoms with Crippen molar-refractivity contribution in [2.24, 2.45) is 0 Å². The van der Waals surface area contributed by atoms with Crippen molar-refractivity contribution in [3.8, 4) is 11.5 Å². The molecule has 6 heteroatoms. The Bertz CT molecular complexity index is 431. The third kappa shape index (κ3) is 2.87. The topological polar surface area (TPSA) is 61.6 Å². The molecule has 0 aromatic heterocycles. The minimum Gasteiger partial charge on any atom is -0.493 e. The predicted molar refractivity (Wildman–Crippen MR) is 60.6 cm³/mol. The Hall–Kier alpha value is -1.75. The highest BCUT2D eigenvalue weighted by atomic mass is 35.5. The van der Waals surface area contributed by atoms with Gasteiger partial charge >= 0.3 is 0 Å². The van der Waals surface area contributed by atoms with Crippen molar-refractivity contribution < 1.29 is 14.4 Å². The average molecular weight is 244 g/mol. The third-order valence-corrected chi connectivity index (χ3v) is 2.21. The molecule has 0 heterocycles. The van der Waals surface area contributed by atoms with E-state index in [1.807, 2.05) is 0 Å². The minimum absolute atomic E-state index is 0.357. The number of halogens is 1. The summed E-state index contributed by atoms with van der Waals surface area (Å²) < 4.78 is 10.1. The fourth-order valence-corrected chi connectivity index (χ4v) is 1.36. The van der Waals surface area contributed by atoms with Crippen molar-refractivity contribution in [1.82, 2.24) is 0 Å². The van der Waals surface area contributed by atoms with Crippen LogP contribution in [0.1, 0.15) is 5.56 Å². The Morgan fingerprint density at radius 2 is 1.88 bits per heavy atom. The van der Waals surface area contributed by atoms with Crippen LogP contribution in [0.15, 0.2) is 18.3 Å². The number of nitrogens with zero attached hydrogens (tertiary/aromatic N) is 1. The highest BCUT2D eigenvalue weighted by Gasteiger charge is 2.08. The van der Waals surface area contributed by atoms with Crippen LogP contribution in [-0.2, 0) is 0 Å². The lowest BCUT2D eigenvalue weighted by atomic mass is 10.2. The average Bonchev–Trinajstić information content (AvgIpc) is 2.26. The van der Waals surface area contributed by atoms with Gasteiger partial charge in [-0.05, 0) is 6.07 Å². The Morgan fingerprint density at radius 3 is 2.38 bits per heavy atom. The molecule has 0 unspecified atom stereocenters. The fourth-order valence-electron chi connectivity index (χ4n) is 1.14. The second-order valence-corrected chi connectivity index (χ2v) is 3.24. The van der Waals surface area contributed by atoms with Crippen molar-refractivity contribution in [3.05, 3.63) is 39.0 Å². The molecule has 0 atom stereocenters. The van der Waals surface area contributed by atoms with Crippen LogP contribution in [0.2, 0.25) is 5.02 Å². The molecule has 0 aliphatic carbocycles. The van der Waals surface area contributed by atoms with Crippen molar-refractivity contribution in [2.45, 2.75) is 0 Å². The Labute approximate surface area is 97.4 Å². The lowest BCUT2D eigenvalue weighted by Crippen LogP contribution is -1.92. The van der Waals surface area contributed by atoms with Crippen LogP contribution in [0.4, 0.5) is 0 Å². The molecule has 0 saturated heterocycles. The van der Waals surface area contributed by atoms with Crippen molar-refractivity contribution in [1.29, 1.82) is 0 Å². The first-order chi connectivity index (χ1) is 7.58. The van der Waals surface area contributed by atoms with E-state index >= 15 is 0 Å². The second kappa shape index (κ2) is 5.37. The SMILES string of the molecule is COc1cc(Cl)c(/C=C/[N+](=O)[O-])cc1OC. The molecule has 1 aromatic carbocycles. The highest BCUT2D eigenvalue weighted by molar-refractivity contribution is 6.32. The van der Waals surface area contributed by atoms with Gasteiger partial charge in [-0.15, -0.1) is 0 Å². The van der Waals surface area contributed by atoms with Gasteiger partial charge in [-0.2, -0.15) is 0 Å². The van der Waals surface area contributed by atoms with Gasteiger partial charge in [0.2, 0.25) is 6.20 Å². The molecule has 0 radical (unpaired) electrons. The standard InChI is InChI=1S/C10H10ClNO4/c1-15-9-5-7(3-4-12(13)14)8(11)6-10(9)16-2/h3-6H,1-2H3/b4-3+. The number of hydrogen-bond acceptors (Lipinski definition) is 4. The minimum atomic E-state index is -0.562. The summed E-state index contributed by atoms with van der Waals surface area (Å²) in [6, 6.07) is 3.11. The van der Waals surface area contributed by atoms with Crippen LogP contribution >= 0.6 is 11.6 Å². The number of methoxy groups -OCH3 is 2. The highest BCUT2D eigenvalue weighted by Crippen LogP contribution is 2.33. The van der Waals surface area contributed by atoms with Gasteiger partial charge in [-0.25, -0.2) is 0 Å². The van der Waals surface area contributed by atoms with Crippen LogP contribution in [-0.4, -0.2) is 19.1 Å². The van der Waals surface area contributed by atoms with Crippen LogP contribution in [0, 0.1) is 10.1 Å². The first-order valence-corrected chi connectivity index (χ1v) is 4.69. The molecule has 0 aliphatic heterocycles. The zero-order chi connectivity index (χ0) is 12.1. The maximum absolute atomic E-state index is 10.2. The van der Waals surface area contributed by atoms with Crippen molar-refractivity contribution >= 4 is 17.7 Å². The second-order valence-electron chi connectivity index (χ2n) is 2.83. The van der Waals surface area contributed by atoms with Crippen LogP contribution in [0.25, 0.3) is 6.08 Å². The molecular formula is C10H10ClNO4. The molecule has 0 spiro atoms. The summed E-state index contributed by atoms with van der Waals surface area (Å²) in [6.07, 6.45) is 2.11. The van der Waals surface area contributed by atoms with Gasteiger partial charge in [0.1, 0.15) is 0 Å². The molecule has 5 nitrogen and oxygen atoms in total. The summed E-state index contributed by atoms with van der Waals surface area (Å²) in [6.45, 7) is 0. The van der Waals surface area contributed by atoms with Gasteiger partial charge in [0.25, 0.3) is 0 Å². The van der Waals surface area contributed by atoms with E-state index in [1.165, 1.54) is 20.3 Å². The molecule has 0 bridgehead atoms. The molecule has 0 fully saturated rings. The Balaban J connectivity index is 3.16. The van der Waals surface area contributed by atoms with E-state index in [1.54, 1.807) is 12.1 Å². The molecule has 16 heavy (non-hydrogen) atoms. The van der Waals surface area contributed by atoms with E-state index in [0.29, 0.717) is 22.1 Å². The molecule has 1 aromatic rings. The molecule has 0 N–H and O–H groups in total. The lowest BCUT2D eigenvalue weighted by Gasteiger charge is -2.09. The quantitative estimate of drug-likeness (QED) is 0.602. The summed E-state index contributed by atoms with van der Waals surface area (Å²) in [5, 5.41) is 10.5. The largest absolute Gasteiger partial charge is 0.493 e. The molecule has 0 saturated carbocycles. The van der Waals surface area contributed by atoms with Crippen LogP contribution in [0.5, 0.6) is 11.5 Å². The zero-order valence-electron chi connectivity index (χ0n) is 8.77. The van der Waals surface area contributed by atoms with Crippen LogP contribution in [0.3, 0.4) is 0 Å². The summed E-state index contributed by atoms with van der Waals surface area (Å²) in [5.41, 5.74) is 0.496. The van der Waals surface area contributed by atoms with E-state index in [-0.39, 0.29) is 0 Å². The molecule has 0 amide bonds. The number of ether oxygens (including phenoxy) is 2. The number of nitro groups is 1. The summed E-state index contributed by atoms with van der Waals surface area (Å²) in [5.74, 6) is 0.945. The normalized spacial score (nSPS) is 10.4. The Kier molecular flexibility index (Phi) is 4.13.